The van der Waals surface area contributed by atoms with Gasteiger partial charge in [0.15, 0.2) is 0 Å². The van der Waals surface area contributed by atoms with Crippen molar-refractivity contribution >= 4 is 5.91 Å². The Labute approximate surface area is 110 Å². The van der Waals surface area contributed by atoms with E-state index in [0.29, 0.717) is 13.0 Å². The Balaban J connectivity index is 2.35. The highest BCUT2D eigenvalue weighted by Crippen LogP contribution is 2.13. The molecule has 0 saturated carbocycles. The summed E-state index contributed by atoms with van der Waals surface area (Å²) in [5, 5.41) is 2.95. The number of nitrogens with one attached hydrogen (secondary N) is 1. The van der Waals surface area contributed by atoms with Crippen LogP contribution in [0.2, 0.25) is 0 Å². The van der Waals surface area contributed by atoms with Crippen molar-refractivity contribution in [2.45, 2.75) is 46.1 Å². The lowest BCUT2D eigenvalue weighted by atomic mass is 10.0. The predicted octanol–water partition coefficient (Wildman–Crippen LogP) is 2.09. The van der Waals surface area contributed by atoms with Crippen LogP contribution in [0.3, 0.4) is 0 Å². The third-order valence-corrected chi connectivity index (χ3v) is 3.17. The fourth-order valence-electron chi connectivity index (χ4n) is 2.02. The second-order valence-electron chi connectivity index (χ2n) is 4.99. The molecule has 0 aliphatic rings. The first-order valence-corrected chi connectivity index (χ1v) is 6.58. The maximum Gasteiger partial charge on any atom is 0.220 e. The number of benzene rings is 1. The standard InChI is InChI=1S/C15H24N2O/c1-11-5-4-6-12(2)14(11)9-10-17-15(18)8-7-13(3)16/h4-6,13H,7-10,16H2,1-3H3,(H,17,18). The summed E-state index contributed by atoms with van der Waals surface area (Å²) in [4.78, 5) is 11.5. The van der Waals surface area contributed by atoms with Crippen molar-refractivity contribution < 1.29 is 4.79 Å². The summed E-state index contributed by atoms with van der Waals surface area (Å²) >= 11 is 0. The molecule has 1 aromatic rings. The minimum Gasteiger partial charge on any atom is -0.356 e. The Kier molecular flexibility index (Phi) is 5.86. The second kappa shape index (κ2) is 7.17. The molecule has 1 amide bonds. The minimum atomic E-state index is 0.0920. The van der Waals surface area contributed by atoms with E-state index in [1.165, 1.54) is 16.7 Å². The Morgan fingerprint density at radius 1 is 1.33 bits per heavy atom. The van der Waals surface area contributed by atoms with Crippen molar-refractivity contribution in [2.75, 3.05) is 6.54 Å². The highest BCUT2D eigenvalue weighted by Gasteiger charge is 2.05. The molecule has 0 fully saturated rings. The minimum absolute atomic E-state index is 0.0920. The van der Waals surface area contributed by atoms with Crippen molar-refractivity contribution in [3.8, 4) is 0 Å². The van der Waals surface area contributed by atoms with Gasteiger partial charge in [-0.1, -0.05) is 18.2 Å². The van der Waals surface area contributed by atoms with Gasteiger partial charge in [0.05, 0.1) is 0 Å². The lowest BCUT2D eigenvalue weighted by Crippen LogP contribution is -2.27. The maximum atomic E-state index is 11.5. The van der Waals surface area contributed by atoms with Crippen LogP contribution < -0.4 is 11.1 Å². The van der Waals surface area contributed by atoms with E-state index in [1.807, 2.05) is 6.92 Å². The van der Waals surface area contributed by atoms with E-state index >= 15 is 0 Å². The van der Waals surface area contributed by atoms with Gasteiger partial charge >= 0.3 is 0 Å². The van der Waals surface area contributed by atoms with Crippen molar-refractivity contribution in [1.82, 2.24) is 5.32 Å². The van der Waals surface area contributed by atoms with Gasteiger partial charge in [0, 0.05) is 19.0 Å². The average Bonchev–Trinajstić information content (AvgIpc) is 2.30. The first-order chi connectivity index (χ1) is 8.50. The summed E-state index contributed by atoms with van der Waals surface area (Å²) in [6, 6.07) is 6.38. The Bertz CT molecular complexity index is 379. The highest BCUT2D eigenvalue weighted by atomic mass is 16.1. The second-order valence-corrected chi connectivity index (χ2v) is 4.99. The van der Waals surface area contributed by atoms with Crippen LogP contribution in [0.25, 0.3) is 0 Å². The zero-order valence-corrected chi connectivity index (χ0v) is 11.6. The Morgan fingerprint density at radius 2 is 1.94 bits per heavy atom. The van der Waals surface area contributed by atoms with Gasteiger partial charge in [-0.3, -0.25) is 4.79 Å². The molecule has 1 unspecified atom stereocenters. The van der Waals surface area contributed by atoms with Crippen LogP contribution in [-0.4, -0.2) is 18.5 Å². The summed E-state index contributed by atoms with van der Waals surface area (Å²) in [6.07, 6.45) is 2.15. The van der Waals surface area contributed by atoms with E-state index in [2.05, 4.69) is 37.4 Å². The third-order valence-electron chi connectivity index (χ3n) is 3.17. The van der Waals surface area contributed by atoms with Crippen molar-refractivity contribution in [2.24, 2.45) is 5.73 Å². The fraction of sp³-hybridized carbons (Fsp3) is 0.533. The van der Waals surface area contributed by atoms with Gasteiger partial charge in [-0.25, -0.2) is 0 Å². The number of hydrogen-bond acceptors (Lipinski definition) is 2. The number of carbonyl (C=O) groups is 1. The van der Waals surface area contributed by atoms with Gasteiger partial charge in [-0.05, 0) is 50.3 Å². The lowest BCUT2D eigenvalue weighted by Gasteiger charge is -2.11. The molecule has 0 aliphatic carbocycles. The van der Waals surface area contributed by atoms with E-state index in [1.54, 1.807) is 0 Å². The molecule has 0 radical (unpaired) electrons. The monoisotopic (exact) mass is 248 g/mol. The number of amides is 1. The first-order valence-electron chi connectivity index (χ1n) is 6.58. The van der Waals surface area contributed by atoms with Gasteiger partial charge in [0.2, 0.25) is 5.91 Å². The summed E-state index contributed by atoms with van der Waals surface area (Å²) in [5.41, 5.74) is 9.54. The molecule has 18 heavy (non-hydrogen) atoms. The average molecular weight is 248 g/mol. The van der Waals surface area contributed by atoms with E-state index in [-0.39, 0.29) is 11.9 Å². The molecule has 1 aromatic carbocycles. The predicted molar refractivity (Wildman–Crippen MR) is 75.5 cm³/mol. The Hall–Kier alpha value is -1.35. The zero-order valence-electron chi connectivity index (χ0n) is 11.6. The first kappa shape index (κ1) is 14.7. The molecule has 1 rings (SSSR count). The van der Waals surface area contributed by atoms with Crippen LogP contribution >= 0.6 is 0 Å². The molecule has 100 valence electrons. The van der Waals surface area contributed by atoms with Gasteiger partial charge in [0.25, 0.3) is 0 Å². The number of carbonyl (C=O) groups excluding carboxylic acids is 1. The largest absolute Gasteiger partial charge is 0.356 e. The van der Waals surface area contributed by atoms with Crippen molar-refractivity contribution in [3.63, 3.8) is 0 Å². The van der Waals surface area contributed by atoms with Gasteiger partial charge in [0.1, 0.15) is 0 Å². The molecule has 1 atom stereocenters. The van der Waals surface area contributed by atoms with Gasteiger partial charge in [-0.2, -0.15) is 0 Å². The molecular formula is C15H24N2O. The maximum absolute atomic E-state index is 11.5. The number of aryl methyl sites for hydroxylation is 2. The van der Waals surface area contributed by atoms with Gasteiger partial charge < -0.3 is 11.1 Å². The van der Waals surface area contributed by atoms with Crippen LogP contribution in [0.15, 0.2) is 18.2 Å². The van der Waals surface area contributed by atoms with Crippen molar-refractivity contribution in [3.05, 3.63) is 34.9 Å². The Morgan fingerprint density at radius 3 is 2.50 bits per heavy atom. The van der Waals surface area contributed by atoms with Crippen LogP contribution in [0, 0.1) is 13.8 Å². The molecule has 3 heteroatoms. The summed E-state index contributed by atoms with van der Waals surface area (Å²) in [7, 11) is 0. The lowest BCUT2D eigenvalue weighted by molar-refractivity contribution is -0.121. The van der Waals surface area contributed by atoms with Crippen LogP contribution in [0.4, 0.5) is 0 Å². The van der Waals surface area contributed by atoms with E-state index in [9.17, 15) is 4.79 Å². The van der Waals surface area contributed by atoms with Crippen LogP contribution in [0.5, 0.6) is 0 Å². The van der Waals surface area contributed by atoms with Crippen LogP contribution in [0.1, 0.15) is 36.5 Å². The van der Waals surface area contributed by atoms with Gasteiger partial charge in [-0.15, -0.1) is 0 Å². The summed E-state index contributed by atoms with van der Waals surface area (Å²) in [6.45, 7) is 6.84. The molecule has 3 N–H and O–H groups in total. The third kappa shape index (κ3) is 4.88. The molecule has 0 aromatic heterocycles. The smallest absolute Gasteiger partial charge is 0.220 e. The van der Waals surface area contributed by atoms with Crippen molar-refractivity contribution in [1.29, 1.82) is 0 Å². The summed E-state index contributed by atoms with van der Waals surface area (Å²) < 4.78 is 0. The topological polar surface area (TPSA) is 55.1 Å². The van der Waals surface area contributed by atoms with E-state index < -0.39 is 0 Å². The van der Waals surface area contributed by atoms with E-state index in [4.69, 9.17) is 5.73 Å². The SMILES string of the molecule is Cc1cccc(C)c1CCNC(=O)CCC(C)N. The normalized spacial score (nSPS) is 12.2. The molecule has 0 aliphatic heterocycles. The highest BCUT2D eigenvalue weighted by molar-refractivity contribution is 5.75. The fourth-order valence-corrected chi connectivity index (χ4v) is 2.02. The zero-order chi connectivity index (χ0) is 13.5. The molecular weight excluding hydrogens is 224 g/mol. The molecule has 0 saturated heterocycles. The molecule has 0 bridgehead atoms. The quantitative estimate of drug-likeness (QED) is 0.810. The molecule has 0 spiro atoms. The number of hydrogen-bond donors (Lipinski definition) is 2. The summed E-state index contributed by atoms with van der Waals surface area (Å²) in [5.74, 6) is 0.0959. The molecule has 0 heterocycles. The number of nitrogens with two attached hydrogens (primary N) is 1. The van der Waals surface area contributed by atoms with Crippen LogP contribution in [-0.2, 0) is 11.2 Å². The molecule has 3 nitrogen and oxygen atoms in total. The van der Waals surface area contributed by atoms with E-state index in [0.717, 1.165) is 12.8 Å². The number of rotatable bonds is 6.